The van der Waals surface area contributed by atoms with Gasteiger partial charge in [0.1, 0.15) is 11.6 Å². The Hall–Kier alpha value is -1.92. The van der Waals surface area contributed by atoms with Crippen LogP contribution in [0.4, 0.5) is 0 Å². The summed E-state index contributed by atoms with van der Waals surface area (Å²) in [6.07, 6.45) is 0.206. The van der Waals surface area contributed by atoms with E-state index in [-0.39, 0.29) is 25.5 Å². The minimum atomic E-state index is -1.18. The van der Waals surface area contributed by atoms with E-state index in [2.05, 4.69) is 0 Å². The lowest BCUT2D eigenvalue weighted by Gasteiger charge is -2.23. The fourth-order valence-corrected chi connectivity index (χ4v) is 2.89. The lowest BCUT2D eigenvalue weighted by atomic mass is 9.97. The smallest absolute Gasteiger partial charge is 0.327 e. The van der Waals surface area contributed by atoms with E-state index in [9.17, 15) is 9.59 Å². The van der Waals surface area contributed by atoms with Crippen molar-refractivity contribution in [2.24, 2.45) is 5.73 Å². The summed E-state index contributed by atoms with van der Waals surface area (Å²) in [5.41, 5.74) is 6.11. The van der Waals surface area contributed by atoms with Crippen molar-refractivity contribution in [1.29, 1.82) is 0 Å². The number of hydrogen-bond donors (Lipinski definition) is 1. The maximum Gasteiger partial charge on any atom is 0.327 e. The molecule has 126 valence electrons. The molecule has 0 radical (unpaired) electrons. The van der Waals surface area contributed by atoms with Crippen LogP contribution in [-0.2, 0) is 25.6 Å². The average Bonchev–Trinajstić information content (AvgIpc) is 2.87. The van der Waals surface area contributed by atoms with E-state index >= 15 is 0 Å². The zero-order valence-corrected chi connectivity index (χ0v) is 13.7. The van der Waals surface area contributed by atoms with Crippen LogP contribution >= 0.6 is 0 Å². The highest BCUT2D eigenvalue weighted by molar-refractivity contribution is 5.85. The van der Waals surface area contributed by atoms with Gasteiger partial charge in [0, 0.05) is 19.5 Å². The number of carbonyl (C=O) groups is 2. The number of rotatable bonds is 6. The molecule has 1 aliphatic rings. The maximum atomic E-state index is 12.2. The Morgan fingerprint density at radius 3 is 2.48 bits per heavy atom. The monoisotopic (exact) mass is 320 g/mol. The van der Waals surface area contributed by atoms with Gasteiger partial charge in [0.2, 0.25) is 0 Å². The third kappa shape index (κ3) is 4.09. The summed E-state index contributed by atoms with van der Waals surface area (Å²) >= 11 is 0. The van der Waals surface area contributed by atoms with Crippen LogP contribution in [-0.4, -0.2) is 48.2 Å². The van der Waals surface area contributed by atoms with E-state index in [0.717, 1.165) is 5.56 Å². The summed E-state index contributed by atoms with van der Waals surface area (Å²) < 4.78 is 10.2. The zero-order valence-electron chi connectivity index (χ0n) is 13.7. The van der Waals surface area contributed by atoms with E-state index in [1.807, 2.05) is 35.2 Å². The van der Waals surface area contributed by atoms with Gasteiger partial charge in [-0.25, -0.2) is 0 Å². The van der Waals surface area contributed by atoms with Crippen LogP contribution < -0.4 is 5.73 Å². The van der Waals surface area contributed by atoms with Gasteiger partial charge in [-0.3, -0.25) is 14.5 Å². The Morgan fingerprint density at radius 2 is 1.87 bits per heavy atom. The first-order valence-electron chi connectivity index (χ1n) is 7.91. The van der Waals surface area contributed by atoms with Crippen LogP contribution in [0.3, 0.4) is 0 Å². The first kappa shape index (κ1) is 17.4. The van der Waals surface area contributed by atoms with E-state index < -0.39 is 17.6 Å². The predicted octanol–water partition coefficient (Wildman–Crippen LogP) is 1.08. The van der Waals surface area contributed by atoms with Gasteiger partial charge in [0.15, 0.2) is 0 Å². The van der Waals surface area contributed by atoms with Crippen molar-refractivity contribution >= 4 is 11.9 Å². The SMILES string of the molecule is CCOC(=O)[C@@H]1C[C@@](N)(C(=O)OCC)CN1Cc1ccccc1. The summed E-state index contributed by atoms with van der Waals surface area (Å²) in [7, 11) is 0. The maximum absolute atomic E-state index is 12.2. The van der Waals surface area contributed by atoms with Crippen molar-refractivity contribution < 1.29 is 19.1 Å². The Labute approximate surface area is 136 Å². The van der Waals surface area contributed by atoms with Gasteiger partial charge in [-0.2, -0.15) is 0 Å². The van der Waals surface area contributed by atoms with E-state index in [1.165, 1.54) is 0 Å². The van der Waals surface area contributed by atoms with Gasteiger partial charge in [0.25, 0.3) is 0 Å². The lowest BCUT2D eigenvalue weighted by molar-refractivity contribution is -0.149. The molecule has 23 heavy (non-hydrogen) atoms. The molecule has 2 atom stereocenters. The fraction of sp³-hybridized carbons (Fsp3) is 0.529. The summed E-state index contributed by atoms with van der Waals surface area (Å²) in [5, 5.41) is 0. The Kier molecular flexibility index (Phi) is 5.74. The van der Waals surface area contributed by atoms with Crippen LogP contribution in [0.2, 0.25) is 0 Å². The molecule has 1 aliphatic heterocycles. The number of likely N-dealkylation sites (tertiary alicyclic amines) is 1. The Morgan fingerprint density at radius 1 is 1.22 bits per heavy atom. The Balaban J connectivity index is 2.18. The second kappa shape index (κ2) is 7.57. The molecule has 1 aromatic rings. The van der Waals surface area contributed by atoms with E-state index in [0.29, 0.717) is 13.2 Å². The molecular weight excluding hydrogens is 296 g/mol. The van der Waals surface area contributed by atoms with Crippen molar-refractivity contribution in [3.05, 3.63) is 35.9 Å². The molecule has 1 heterocycles. The quantitative estimate of drug-likeness (QED) is 0.790. The third-order valence-corrected chi connectivity index (χ3v) is 3.95. The lowest BCUT2D eigenvalue weighted by Crippen LogP contribution is -2.51. The summed E-state index contributed by atoms with van der Waals surface area (Å²) in [6, 6.07) is 9.22. The fourth-order valence-electron chi connectivity index (χ4n) is 2.89. The number of carbonyl (C=O) groups excluding carboxylic acids is 2. The second-order valence-corrected chi connectivity index (χ2v) is 5.74. The molecule has 0 aromatic heterocycles. The number of nitrogens with zero attached hydrogens (tertiary/aromatic N) is 1. The highest BCUT2D eigenvalue weighted by Gasteiger charge is 2.50. The number of esters is 2. The standard InChI is InChI=1S/C17H24N2O4/c1-3-22-15(20)14-10-17(18,16(21)23-4-2)12-19(14)11-13-8-6-5-7-9-13/h5-9,14H,3-4,10-12,18H2,1-2H3/t14-,17-/m0/s1. The van der Waals surface area contributed by atoms with Gasteiger partial charge < -0.3 is 15.2 Å². The number of ether oxygens (including phenoxy) is 2. The van der Waals surface area contributed by atoms with E-state index in [4.69, 9.17) is 15.2 Å². The van der Waals surface area contributed by atoms with Crippen LogP contribution in [0.25, 0.3) is 0 Å². The van der Waals surface area contributed by atoms with Gasteiger partial charge >= 0.3 is 11.9 Å². The molecule has 0 unspecified atom stereocenters. The highest BCUT2D eigenvalue weighted by atomic mass is 16.5. The summed E-state index contributed by atoms with van der Waals surface area (Å²) in [4.78, 5) is 26.3. The summed E-state index contributed by atoms with van der Waals surface area (Å²) in [5.74, 6) is -0.815. The minimum Gasteiger partial charge on any atom is -0.465 e. The highest BCUT2D eigenvalue weighted by Crippen LogP contribution is 2.29. The molecule has 0 spiro atoms. The largest absolute Gasteiger partial charge is 0.465 e. The zero-order chi connectivity index (χ0) is 16.9. The second-order valence-electron chi connectivity index (χ2n) is 5.74. The van der Waals surface area contributed by atoms with Crippen molar-refractivity contribution in [1.82, 2.24) is 4.90 Å². The Bertz CT molecular complexity index is 549. The molecule has 1 aromatic carbocycles. The molecule has 1 fully saturated rings. The topological polar surface area (TPSA) is 81.9 Å². The van der Waals surface area contributed by atoms with Crippen LogP contribution in [0, 0.1) is 0 Å². The molecule has 0 bridgehead atoms. The minimum absolute atomic E-state index is 0.206. The van der Waals surface area contributed by atoms with Gasteiger partial charge in [-0.05, 0) is 19.4 Å². The number of nitrogens with two attached hydrogens (primary N) is 1. The molecule has 0 aliphatic carbocycles. The molecule has 2 rings (SSSR count). The van der Waals surface area contributed by atoms with Crippen molar-refractivity contribution in [2.75, 3.05) is 19.8 Å². The van der Waals surface area contributed by atoms with Crippen LogP contribution in [0.5, 0.6) is 0 Å². The predicted molar refractivity (Wildman–Crippen MR) is 85.4 cm³/mol. The molecule has 6 nitrogen and oxygen atoms in total. The number of hydrogen-bond acceptors (Lipinski definition) is 6. The molecule has 0 amide bonds. The van der Waals surface area contributed by atoms with Gasteiger partial charge in [0.05, 0.1) is 13.2 Å². The van der Waals surface area contributed by atoms with Crippen molar-refractivity contribution in [3.8, 4) is 0 Å². The molecule has 1 saturated heterocycles. The first-order valence-corrected chi connectivity index (χ1v) is 7.91. The molecular formula is C17H24N2O4. The van der Waals surface area contributed by atoms with Crippen molar-refractivity contribution in [2.45, 2.75) is 38.4 Å². The molecule has 0 saturated carbocycles. The summed E-state index contributed by atoms with van der Waals surface area (Å²) in [6.45, 7) is 4.86. The van der Waals surface area contributed by atoms with Crippen LogP contribution in [0.15, 0.2) is 30.3 Å². The van der Waals surface area contributed by atoms with Crippen molar-refractivity contribution in [3.63, 3.8) is 0 Å². The van der Waals surface area contributed by atoms with Gasteiger partial charge in [-0.1, -0.05) is 30.3 Å². The normalized spacial score (nSPS) is 24.4. The van der Waals surface area contributed by atoms with Gasteiger partial charge in [-0.15, -0.1) is 0 Å². The van der Waals surface area contributed by atoms with Crippen LogP contribution in [0.1, 0.15) is 25.8 Å². The molecule has 2 N–H and O–H groups in total. The number of benzene rings is 1. The van der Waals surface area contributed by atoms with E-state index in [1.54, 1.807) is 13.8 Å². The first-order chi connectivity index (χ1) is 11.0. The average molecular weight is 320 g/mol. The molecule has 6 heteroatoms. The third-order valence-electron chi connectivity index (χ3n) is 3.95.